The molecule has 0 spiro atoms. The summed E-state index contributed by atoms with van der Waals surface area (Å²) in [5, 5.41) is 0. The summed E-state index contributed by atoms with van der Waals surface area (Å²) in [5.74, 6) is 0.633. The van der Waals surface area contributed by atoms with Crippen molar-refractivity contribution in [3.63, 3.8) is 0 Å². The highest BCUT2D eigenvalue weighted by Crippen LogP contribution is 2.29. The number of halogens is 4. The van der Waals surface area contributed by atoms with Crippen LogP contribution in [0.4, 0.5) is 17.3 Å². The van der Waals surface area contributed by atoms with Gasteiger partial charge in [-0.15, -0.1) is 5.46 Å². The van der Waals surface area contributed by atoms with E-state index in [9.17, 15) is 17.3 Å². The SMILES string of the molecule is Fc1ccc2c(c1)CC(COc1ccc([B-](F)(F)F)cc1)O2. The molecule has 2 aromatic carbocycles. The van der Waals surface area contributed by atoms with Crippen molar-refractivity contribution in [1.29, 1.82) is 0 Å². The molecule has 7 heteroatoms. The van der Waals surface area contributed by atoms with E-state index in [1.54, 1.807) is 6.07 Å². The first kappa shape index (κ1) is 14.7. The van der Waals surface area contributed by atoms with Crippen molar-refractivity contribution in [3.05, 3.63) is 53.8 Å². The summed E-state index contributed by atoms with van der Waals surface area (Å²) in [7, 11) is 0. The molecule has 2 aromatic rings. The maximum atomic E-state index is 13.1. The normalized spacial score (nSPS) is 17.0. The lowest BCUT2D eigenvalue weighted by molar-refractivity contribution is 0.148. The quantitative estimate of drug-likeness (QED) is 0.637. The first-order chi connectivity index (χ1) is 10.4. The Morgan fingerprint density at radius 1 is 1.09 bits per heavy atom. The molecule has 0 N–H and O–H groups in total. The highest BCUT2D eigenvalue weighted by molar-refractivity contribution is 6.73. The molecule has 1 aliphatic heterocycles. The van der Waals surface area contributed by atoms with Gasteiger partial charge in [0.2, 0.25) is 0 Å². The van der Waals surface area contributed by atoms with Gasteiger partial charge in [-0.05, 0) is 30.3 Å². The molecule has 1 atom stereocenters. The van der Waals surface area contributed by atoms with E-state index in [1.165, 1.54) is 24.3 Å². The minimum absolute atomic E-state index is 0.187. The fourth-order valence-corrected chi connectivity index (χ4v) is 2.35. The highest BCUT2D eigenvalue weighted by atomic mass is 19.4. The molecule has 1 unspecified atom stereocenters. The molecule has 0 radical (unpaired) electrons. The van der Waals surface area contributed by atoms with Crippen LogP contribution in [0.25, 0.3) is 0 Å². The Labute approximate surface area is 124 Å². The van der Waals surface area contributed by atoms with Crippen LogP contribution in [0.15, 0.2) is 42.5 Å². The third kappa shape index (κ3) is 3.18. The summed E-state index contributed by atoms with van der Waals surface area (Å²) < 4.78 is 61.6. The Morgan fingerprint density at radius 3 is 2.50 bits per heavy atom. The maximum Gasteiger partial charge on any atom is 0.509 e. The molecular formula is C15H12BF4O2-. The molecule has 116 valence electrons. The second-order valence-electron chi connectivity index (χ2n) is 5.15. The van der Waals surface area contributed by atoms with Crippen LogP contribution in [0.2, 0.25) is 0 Å². The number of hydrogen-bond acceptors (Lipinski definition) is 2. The van der Waals surface area contributed by atoms with Crippen LogP contribution in [0, 0.1) is 5.82 Å². The molecule has 0 saturated heterocycles. The van der Waals surface area contributed by atoms with Crippen LogP contribution in [0.3, 0.4) is 0 Å². The van der Waals surface area contributed by atoms with Crippen LogP contribution < -0.4 is 14.9 Å². The summed E-state index contributed by atoms with van der Waals surface area (Å²) in [6, 6.07) is 8.85. The fraction of sp³-hybridized carbons (Fsp3) is 0.200. The zero-order chi connectivity index (χ0) is 15.7. The largest absolute Gasteiger partial charge is 0.509 e. The van der Waals surface area contributed by atoms with Crippen molar-refractivity contribution in [1.82, 2.24) is 0 Å². The van der Waals surface area contributed by atoms with Gasteiger partial charge in [0, 0.05) is 12.0 Å². The van der Waals surface area contributed by atoms with Gasteiger partial charge in [-0.2, -0.15) is 0 Å². The van der Waals surface area contributed by atoms with Gasteiger partial charge < -0.3 is 22.4 Å². The fourth-order valence-electron chi connectivity index (χ4n) is 2.35. The molecule has 3 rings (SSSR count). The van der Waals surface area contributed by atoms with Crippen LogP contribution in [0.1, 0.15) is 5.56 Å². The molecule has 0 saturated carbocycles. The second kappa shape index (κ2) is 5.55. The summed E-state index contributed by atoms with van der Waals surface area (Å²) in [6.45, 7) is -4.81. The van der Waals surface area contributed by atoms with Crippen LogP contribution in [0.5, 0.6) is 11.5 Å². The average Bonchev–Trinajstić information content (AvgIpc) is 2.86. The monoisotopic (exact) mass is 311 g/mol. The molecule has 2 nitrogen and oxygen atoms in total. The third-order valence-corrected chi connectivity index (χ3v) is 3.46. The van der Waals surface area contributed by atoms with Gasteiger partial charge in [-0.1, -0.05) is 12.1 Å². The first-order valence-corrected chi connectivity index (χ1v) is 6.79. The molecule has 22 heavy (non-hydrogen) atoms. The maximum absolute atomic E-state index is 13.1. The number of benzene rings is 2. The van der Waals surface area contributed by atoms with Crippen LogP contribution in [-0.2, 0) is 6.42 Å². The Kier molecular flexibility index (Phi) is 3.72. The lowest BCUT2D eigenvalue weighted by atomic mass is 9.80. The Morgan fingerprint density at radius 2 is 1.82 bits per heavy atom. The lowest BCUT2D eigenvalue weighted by Gasteiger charge is -2.16. The van der Waals surface area contributed by atoms with Crippen molar-refractivity contribution >= 4 is 12.4 Å². The second-order valence-corrected chi connectivity index (χ2v) is 5.15. The Hall–Kier alpha value is -2.18. The minimum atomic E-state index is -5.00. The molecular weight excluding hydrogens is 299 g/mol. The molecule has 1 heterocycles. The summed E-state index contributed by atoms with van der Waals surface area (Å²) in [4.78, 5) is 0. The smallest absolute Gasteiger partial charge is 0.490 e. The summed E-state index contributed by atoms with van der Waals surface area (Å²) in [5.41, 5.74) is 0.107. The van der Waals surface area contributed by atoms with Crippen molar-refractivity contribution in [2.24, 2.45) is 0 Å². The average molecular weight is 311 g/mol. The standard InChI is InChI=1S/C15H12BF4O2/c17-12-3-6-15-10(7-12)8-14(22-15)9-21-13-4-1-11(2-5-13)16(18,19)20/h1-7,14H,8-9H2/q-1. The van der Waals surface area contributed by atoms with Gasteiger partial charge in [0.25, 0.3) is 0 Å². The highest BCUT2D eigenvalue weighted by Gasteiger charge is 2.26. The van der Waals surface area contributed by atoms with Crippen LogP contribution in [-0.4, -0.2) is 19.7 Å². The third-order valence-electron chi connectivity index (χ3n) is 3.46. The van der Waals surface area contributed by atoms with Crippen molar-refractivity contribution in [2.45, 2.75) is 12.5 Å². The lowest BCUT2D eigenvalue weighted by Crippen LogP contribution is -2.33. The van der Waals surface area contributed by atoms with Gasteiger partial charge in [0.05, 0.1) is 0 Å². The summed E-state index contributed by atoms with van der Waals surface area (Å²) in [6.07, 6.45) is 0.236. The van der Waals surface area contributed by atoms with E-state index in [0.29, 0.717) is 17.9 Å². The molecule has 0 bridgehead atoms. The van der Waals surface area contributed by atoms with E-state index in [2.05, 4.69) is 0 Å². The van der Waals surface area contributed by atoms with Crippen molar-refractivity contribution < 1.29 is 26.8 Å². The Bertz CT molecular complexity index is 670. The van der Waals surface area contributed by atoms with E-state index < -0.39 is 12.4 Å². The van der Waals surface area contributed by atoms with Gasteiger partial charge in [0.15, 0.2) is 0 Å². The molecule has 0 fully saturated rings. The van der Waals surface area contributed by atoms with Crippen molar-refractivity contribution in [3.8, 4) is 11.5 Å². The number of rotatable bonds is 4. The zero-order valence-electron chi connectivity index (χ0n) is 11.4. The van der Waals surface area contributed by atoms with Gasteiger partial charge in [-0.25, -0.2) is 4.39 Å². The topological polar surface area (TPSA) is 18.5 Å². The number of ether oxygens (including phenoxy) is 2. The molecule has 0 amide bonds. The predicted molar refractivity (Wildman–Crippen MR) is 75.2 cm³/mol. The van der Waals surface area contributed by atoms with E-state index in [1.807, 2.05) is 0 Å². The predicted octanol–water partition coefficient (Wildman–Crippen LogP) is 3.26. The zero-order valence-corrected chi connectivity index (χ0v) is 11.4. The first-order valence-electron chi connectivity index (χ1n) is 6.79. The number of hydrogen-bond donors (Lipinski definition) is 0. The Balaban J connectivity index is 1.58. The molecule has 1 aliphatic rings. The van der Waals surface area contributed by atoms with Gasteiger partial charge in [-0.3, -0.25) is 0 Å². The van der Waals surface area contributed by atoms with Gasteiger partial charge >= 0.3 is 6.98 Å². The van der Waals surface area contributed by atoms with Crippen LogP contribution >= 0.6 is 0 Å². The van der Waals surface area contributed by atoms with E-state index >= 15 is 0 Å². The van der Waals surface area contributed by atoms with E-state index in [0.717, 1.165) is 17.7 Å². The number of fused-ring (bicyclic) bond motifs is 1. The summed E-state index contributed by atoms with van der Waals surface area (Å²) >= 11 is 0. The molecule has 0 aromatic heterocycles. The van der Waals surface area contributed by atoms with Gasteiger partial charge in [0.1, 0.15) is 30.0 Å². The van der Waals surface area contributed by atoms with E-state index in [-0.39, 0.29) is 18.5 Å². The molecule has 0 aliphatic carbocycles. The minimum Gasteiger partial charge on any atom is -0.490 e. The van der Waals surface area contributed by atoms with Crippen molar-refractivity contribution in [2.75, 3.05) is 6.61 Å². The van der Waals surface area contributed by atoms with E-state index in [4.69, 9.17) is 9.47 Å².